The monoisotopic (exact) mass is 419 g/mol. The molecule has 31 heavy (non-hydrogen) atoms. The number of aliphatic hydroxyl groups is 1. The summed E-state index contributed by atoms with van der Waals surface area (Å²) in [6, 6.07) is 5.69. The number of amides is 1. The molecule has 0 spiro atoms. The summed E-state index contributed by atoms with van der Waals surface area (Å²) in [5.41, 5.74) is 4.34. The molecule has 158 valence electrons. The molecule has 8 heteroatoms. The lowest BCUT2D eigenvalue weighted by atomic mass is 10.0. The van der Waals surface area contributed by atoms with Crippen LogP contribution in [-0.4, -0.2) is 36.5 Å². The molecule has 7 nitrogen and oxygen atoms in total. The van der Waals surface area contributed by atoms with Gasteiger partial charge in [0.2, 0.25) is 5.91 Å². The standard InChI is InChI=1S/C23H22FN5O2/c1-3-21(30)18-4-12(2)16(9-26-18)19-5-13-8-27-22(28-23(31)15-6-17(15)24)7-14(13)20-10-25-11-29(19)20/h4-5,7-11,15,17,21,30H,3,6H2,1-2H3,(H,27,28,31)/t15-,17+,21-/m0/s1. The molecule has 1 fully saturated rings. The van der Waals surface area contributed by atoms with Gasteiger partial charge in [0, 0.05) is 28.7 Å². The first kappa shape index (κ1) is 19.6. The number of nitrogens with zero attached hydrogens (tertiary/aromatic N) is 4. The van der Waals surface area contributed by atoms with Gasteiger partial charge >= 0.3 is 0 Å². The van der Waals surface area contributed by atoms with E-state index in [0.29, 0.717) is 17.9 Å². The molecular formula is C23H22FN5O2. The number of carbonyl (C=O) groups is 1. The Hall–Kier alpha value is -3.39. The highest BCUT2D eigenvalue weighted by Gasteiger charge is 2.43. The fourth-order valence-corrected chi connectivity index (χ4v) is 3.87. The summed E-state index contributed by atoms with van der Waals surface area (Å²) in [6.45, 7) is 3.90. The smallest absolute Gasteiger partial charge is 0.231 e. The average molecular weight is 419 g/mol. The zero-order valence-electron chi connectivity index (χ0n) is 17.2. The molecule has 1 aliphatic carbocycles. The quantitative estimate of drug-likeness (QED) is 0.510. The van der Waals surface area contributed by atoms with Gasteiger partial charge in [-0.15, -0.1) is 0 Å². The molecule has 2 N–H and O–H groups in total. The predicted octanol–water partition coefficient (Wildman–Crippen LogP) is 3.99. The first-order chi connectivity index (χ1) is 15.0. The normalized spacial score (nSPS) is 19.0. The number of carbonyl (C=O) groups excluding carboxylic acids is 1. The summed E-state index contributed by atoms with van der Waals surface area (Å²) in [7, 11) is 0. The third-order valence-electron chi connectivity index (χ3n) is 5.84. The number of hydrogen-bond acceptors (Lipinski definition) is 5. The van der Waals surface area contributed by atoms with E-state index < -0.39 is 18.2 Å². The van der Waals surface area contributed by atoms with Crippen LogP contribution >= 0.6 is 0 Å². The number of hydrogen-bond donors (Lipinski definition) is 2. The highest BCUT2D eigenvalue weighted by atomic mass is 19.1. The second kappa shape index (κ2) is 7.39. The van der Waals surface area contributed by atoms with Gasteiger partial charge in [0.05, 0.1) is 41.5 Å². The maximum atomic E-state index is 13.2. The fraction of sp³-hybridized carbons (Fsp3) is 0.304. The van der Waals surface area contributed by atoms with Crippen LogP contribution in [-0.2, 0) is 4.79 Å². The van der Waals surface area contributed by atoms with Crippen LogP contribution in [0.15, 0.2) is 43.1 Å². The molecule has 1 amide bonds. The molecule has 0 aromatic carbocycles. The summed E-state index contributed by atoms with van der Waals surface area (Å²) in [5.74, 6) is -0.515. The Bertz CT molecular complexity index is 1320. The molecule has 5 rings (SSSR count). The van der Waals surface area contributed by atoms with Crippen molar-refractivity contribution >= 4 is 28.0 Å². The first-order valence-electron chi connectivity index (χ1n) is 10.3. The van der Waals surface area contributed by atoms with Crippen molar-refractivity contribution in [3.8, 4) is 11.3 Å². The van der Waals surface area contributed by atoms with E-state index in [-0.39, 0.29) is 12.3 Å². The van der Waals surface area contributed by atoms with Crippen molar-refractivity contribution in [3.63, 3.8) is 0 Å². The summed E-state index contributed by atoms with van der Waals surface area (Å²) >= 11 is 0. The van der Waals surface area contributed by atoms with Crippen LogP contribution in [0.2, 0.25) is 0 Å². The summed E-state index contributed by atoms with van der Waals surface area (Å²) in [4.78, 5) is 25.2. The Morgan fingerprint density at radius 2 is 2.10 bits per heavy atom. The van der Waals surface area contributed by atoms with Crippen LogP contribution in [0.3, 0.4) is 0 Å². The number of aromatic nitrogens is 4. The lowest BCUT2D eigenvalue weighted by Crippen LogP contribution is -2.15. The maximum Gasteiger partial charge on any atom is 0.231 e. The second-order valence-electron chi connectivity index (χ2n) is 8.03. The number of pyridine rings is 3. The zero-order chi connectivity index (χ0) is 21.7. The second-order valence-corrected chi connectivity index (χ2v) is 8.03. The van der Waals surface area contributed by atoms with Gasteiger partial charge in [-0.25, -0.2) is 14.4 Å². The number of aryl methyl sites for hydroxylation is 1. The molecule has 0 bridgehead atoms. The molecule has 0 unspecified atom stereocenters. The van der Waals surface area contributed by atoms with E-state index in [1.165, 1.54) is 0 Å². The molecule has 4 aromatic heterocycles. The number of imidazole rings is 1. The first-order valence-corrected chi connectivity index (χ1v) is 10.3. The Morgan fingerprint density at radius 3 is 2.81 bits per heavy atom. The molecule has 4 aromatic rings. The third kappa shape index (κ3) is 3.42. The van der Waals surface area contributed by atoms with Crippen LogP contribution in [0.25, 0.3) is 27.5 Å². The molecule has 1 saturated carbocycles. The highest BCUT2D eigenvalue weighted by Crippen LogP contribution is 2.35. The third-order valence-corrected chi connectivity index (χ3v) is 5.84. The van der Waals surface area contributed by atoms with Gasteiger partial charge in [-0.3, -0.25) is 14.2 Å². The average Bonchev–Trinajstić information content (AvgIpc) is 3.30. The molecule has 0 aliphatic heterocycles. The van der Waals surface area contributed by atoms with Crippen molar-refractivity contribution in [3.05, 3.63) is 54.4 Å². The fourth-order valence-electron chi connectivity index (χ4n) is 3.87. The van der Waals surface area contributed by atoms with Gasteiger partial charge < -0.3 is 10.4 Å². The van der Waals surface area contributed by atoms with E-state index in [2.05, 4.69) is 20.3 Å². The van der Waals surface area contributed by atoms with Crippen LogP contribution in [0.1, 0.15) is 37.1 Å². The molecule has 3 atom stereocenters. The van der Waals surface area contributed by atoms with Crippen molar-refractivity contribution in [2.45, 2.75) is 39.0 Å². The Balaban J connectivity index is 1.58. The Kier molecular flexibility index (Phi) is 4.66. The van der Waals surface area contributed by atoms with Gasteiger partial charge in [0.1, 0.15) is 12.0 Å². The van der Waals surface area contributed by atoms with E-state index in [1.807, 2.05) is 30.4 Å². The number of nitrogens with one attached hydrogen (secondary N) is 1. The van der Waals surface area contributed by atoms with Gasteiger partial charge in [-0.05, 0) is 43.5 Å². The number of anilines is 1. The van der Waals surface area contributed by atoms with Gasteiger partial charge in [-0.1, -0.05) is 6.92 Å². The van der Waals surface area contributed by atoms with E-state index in [9.17, 15) is 14.3 Å². The van der Waals surface area contributed by atoms with Crippen LogP contribution in [0.4, 0.5) is 10.2 Å². The SMILES string of the molecule is CC[C@H](O)c1cc(C)c(-c2cc3cnc(NC(=O)[C@H]4C[C@H]4F)cc3c3cncn23)cn1. The summed E-state index contributed by atoms with van der Waals surface area (Å²) < 4.78 is 15.1. The molecule has 0 radical (unpaired) electrons. The topological polar surface area (TPSA) is 92.4 Å². The number of halogens is 1. The van der Waals surface area contributed by atoms with Crippen LogP contribution < -0.4 is 5.32 Å². The van der Waals surface area contributed by atoms with Crippen molar-refractivity contribution < 1.29 is 14.3 Å². The molecule has 1 aliphatic rings. The molecule has 0 saturated heterocycles. The van der Waals surface area contributed by atoms with Crippen molar-refractivity contribution in [1.29, 1.82) is 0 Å². The summed E-state index contributed by atoms with van der Waals surface area (Å²) in [6.07, 6.45) is 6.20. The molecular weight excluding hydrogens is 397 g/mol. The van der Waals surface area contributed by atoms with E-state index in [1.54, 1.807) is 31.0 Å². The predicted molar refractivity (Wildman–Crippen MR) is 115 cm³/mol. The highest BCUT2D eigenvalue weighted by molar-refractivity contribution is 6.01. The van der Waals surface area contributed by atoms with Gasteiger partial charge in [0.15, 0.2) is 0 Å². The van der Waals surface area contributed by atoms with Crippen LogP contribution in [0, 0.1) is 12.8 Å². The van der Waals surface area contributed by atoms with E-state index >= 15 is 0 Å². The van der Waals surface area contributed by atoms with Gasteiger partial charge in [-0.2, -0.15) is 0 Å². The number of fused-ring (bicyclic) bond motifs is 3. The minimum atomic E-state index is -1.05. The van der Waals surface area contributed by atoms with Crippen molar-refractivity contribution in [2.75, 3.05) is 5.32 Å². The van der Waals surface area contributed by atoms with E-state index in [0.717, 1.165) is 33.1 Å². The van der Waals surface area contributed by atoms with Crippen molar-refractivity contribution in [2.24, 2.45) is 5.92 Å². The summed E-state index contributed by atoms with van der Waals surface area (Å²) in [5, 5.41) is 14.6. The maximum absolute atomic E-state index is 13.2. The number of alkyl halides is 1. The lowest BCUT2D eigenvalue weighted by Gasteiger charge is -2.14. The van der Waals surface area contributed by atoms with Gasteiger partial charge in [0.25, 0.3) is 0 Å². The Morgan fingerprint density at radius 1 is 1.29 bits per heavy atom. The van der Waals surface area contributed by atoms with E-state index in [4.69, 9.17) is 0 Å². The minimum Gasteiger partial charge on any atom is -0.387 e. The number of aliphatic hydroxyl groups excluding tert-OH is 1. The Labute approximate surface area is 178 Å². The minimum absolute atomic E-state index is 0.275. The van der Waals surface area contributed by atoms with Crippen molar-refractivity contribution in [1.82, 2.24) is 19.4 Å². The van der Waals surface area contributed by atoms with Crippen LogP contribution in [0.5, 0.6) is 0 Å². The number of rotatable bonds is 5. The zero-order valence-corrected chi connectivity index (χ0v) is 17.2. The molecule has 4 heterocycles. The largest absolute Gasteiger partial charge is 0.387 e. The lowest BCUT2D eigenvalue weighted by molar-refractivity contribution is -0.117.